The number of ether oxygens (including phenoxy) is 1. The maximum atomic E-state index is 12.3. The molecule has 0 aliphatic heterocycles. The Balaban J connectivity index is 2.69. The molecule has 3 nitrogen and oxygen atoms in total. The summed E-state index contributed by atoms with van der Waals surface area (Å²) >= 11 is 5.86. The highest BCUT2D eigenvalue weighted by Gasteiger charge is 2.21. The molecule has 1 aromatic rings. The number of hydrogen-bond donors (Lipinski definition) is 2. The van der Waals surface area contributed by atoms with Crippen LogP contribution in [0.2, 0.25) is 5.02 Å². The largest absolute Gasteiger partial charge is 0.434 e. The first-order valence-corrected chi connectivity index (χ1v) is 6.94. The van der Waals surface area contributed by atoms with Crippen LogP contribution < -0.4 is 10.1 Å². The predicted molar refractivity (Wildman–Crippen MR) is 75.3 cm³/mol. The Kier molecular flexibility index (Phi) is 6.65. The monoisotopic (exact) mass is 307 g/mol. The number of halogens is 3. The van der Waals surface area contributed by atoms with Gasteiger partial charge in [-0.2, -0.15) is 8.78 Å². The average Bonchev–Trinajstić information content (AvgIpc) is 2.41. The molecular weight excluding hydrogens is 288 g/mol. The number of benzene rings is 1. The third kappa shape index (κ3) is 5.23. The van der Waals surface area contributed by atoms with Gasteiger partial charge in [-0.3, -0.25) is 0 Å². The maximum Gasteiger partial charge on any atom is 0.387 e. The van der Waals surface area contributed by atoms with Gasteiger partial charge in [-0.15, -0.1) is 0 Å². The zero-order valence-corrected chi connectivity index (χ0v) is 12.4. The van der Waals surface area contributed by atoms with Gasteiger partial charge >= 0.3 is 6.61 Å². The molecular formula is C14H20ClF2NO2. The van der Waals surface area contributed by atoms with Crippen LogP contribution in [-0.4, -0.2) is 23.9 Å². The Bertz CT molecular complexity index is 426. The van der Waals surface area contributed by atoms with Crippen LogP contribution in [0, 0.1) is 0 Å². The van der Waals surface area contributed by atoms with E-state index in [-0.39, 0.29) is 5.75 Å². The molecule has 0 amide bonds. The van der Waals surface area contributed by atoms with Gasteiger partial charge in [0.25, 0.3) is 0 Å². The van der Waals surface area contributed by atoms with Gasteiger partial charge in [0.1, 0.15) is 5.75 Å². The zero-order chi connectivity index (χ0) is 15.2. The van der Waals surface area contributed by atoms with Gasteiger partial charge in [0.15, 0.2) is 0 Å². The third-order valence-electron chi connectivity index (χ3n) is 3.32. The molecule has 0 radical (unpaired) electrons. The van der Waals surface area contributed by atoms with Crippen LogP contribution in [0.3, 0.4) is 0 Å². The molecule has 0 aliphatic carbocycles. The van der Waals surface area contributed by atoms with Crippen LogP contribution in [0.1, 0.15) is 32.3 Å². The average molecular weight is 308 g/mol. The molecule has 2 N–H and O–H groups in total. The fourth-order valence-electron chi connectivity index (χ4n) is 1.83. The first-order chi connectivity index (χ1) is 9.40. The lowest BCUT2D eigenvalue weighted by Crippen LogP contribution is -2.39. The van der Waals surface area contributed by atoms with Crippen molar-refractivity contribution >= 4 is 11.6 Å². The van der Waals surface area contributed by atoms with Crippen LogP contribution in [0.15, 0.2) is 18.2 Å². The van der Waals surface area contributed by atoms with E-state index >= 15 is 0 Å². The SMILES string of the molecule is CCC(O)(CC)CNCc1cc(Cl)ccc1OC(F)F. The van der Waals surface area contributed by atoms with Crippen LogP contribution in [-0.2, 0) is 6.54 Å². The van der Waals surface area contributed by atoms with E-state index in [0.29, 0.717) is 36.5 Å². The van der Waals surface area contributed by atoms with Gasteiger partial charge < -0.3 is 15.2 Å². The van der Waals surface area contributed by atoms with Crippen molar-refractivity contribution in [2.24, 2.45) is 0 Å². The number of aliphatic hydroxyl groups is 1. The molecule has 6 heteroatoms. The van der Waals surface area contributed by atoms with Gasteiger partial charge in [0.05, 0.1) is 5.60 Å². The van der Waals surface area contributed by atoms with Gasteiger partial charge in [0.2, 0.25) is 0 Å². The molecule has 0 fully saturated rings. The summed E-state index contributed by atoms with van der Waals surface area (Å²) < 4.78 is 29.1. The highest BCUT2D eigenvalue weighted by Crippen LogP contribution is 2.24. The first-order valence-electron chi connectivity index (χ1n) is 6.56. The lowest BCUT2D eigenvalue weighted by Gasteiger charge is -2.25. The normalized spacial score (nSPS) is 11.9. The molecule has 0 atom stereocenters. The van der Waals surface area contributed by atoms with Crippen molar-refractivity contribution in [2.75, 3.05) is 6.54 Å². The Morgan fingerprint density at radius 2 is 2.00 bits per heavy atom. The minimum atomic E-state index is -2.88. The fraction of sp³-hybridized carbons (Fsp3) is 0.571. The molecule has 0 saturated carbocycles. The van der Waals surface area contributed by atoms with Gasteiger partial charge in [0, 0.05) is 23.7 Å². The molecule has 114 valence electrons. The summed E-state index contributed by atoms with van der Waals surface area (Å²) in [5, 5.41) is 13.6. The summed E-state index contributed by atoms with van der Waals surface area (Å²) in [7, 11) is 0. The molecule has 0 aliphatic rings. The summed E-state index contributed by atoms with van der Waals surface area (Å²) in [6.07, 6.45) is 1.23. The molecule has 0 aromatic heterocycles. The van der Waals surface area contributed by atoms with E-state index in [2.05, 4.69) is 10.1 Å². The van der Waals surface area contributed by atoms with Crippen LogP contribution >= 0.6 is 11.6 Å². The van der Waals surface area contributed by atoms with E-state index < -0.39 is 12.2 Å². The standard InChI is InChI=1S/C14H20ClF2NO2/c1-3-14(19,4-2)9-18-8-10-7-11(15)5-6-12(10)20-13(16)17/h5-7,13,18-19H,3-4,8-9H2,1-2H3. The quantitative estimate of drug-likeness (QED) is 0.771. The zero-order valence-electron chi connectivity index (χ0n) is 11.6. The molecule has 0 saturated heterocycles. The second-order valence-corrected chi connectivity index (χ2v) is 5.10. The lowest BCUT2D eigenvalue weighted by atomic mass is 9.97. The Morgan fingerprint density at radius 1 is 1.35 bits per heavy atom. The summed E-state index contributed by atoms with van der Waals surface area (Å²) in [6.45, 7) is 1.59. The Hall–Kier alpha value is -0.910. The van der Waals surface area contributed by atoms with Crippen molar-refractivity contribution in [3.05, 3.63) is 28.8 Å². The molecule has 0 spiro atoms. The minimum Gasteiger partial charge on any atom is -0.434 e. The third-order valence-corrected chi connectivity index (χ3v) is 3.56. The van der Waals surface area contributed by atoms with E-state index in [1.165, 1.54) is 12.1 Å². The number of rotatable bonds is 8. The fourth-order valence-corrected chi connectivity index (χ4v) is 2.02. The van der Waals surface area contributed by atoms with Crippen LogP contribution in [0.5, 0.6) is 5.75 Å². The van der Waals surface area contributed by atoms with E-state index in [4.69, 9.17) is 11.6 Å². The van der Waals surface area contributed by atoms with Crippen molar-refractivity contribution in [3.63, 3.8) is 0 Å². The Labute approximate surface area is 122 Å². The summed E-state index contributed by atoms with van der Waals surface area (Å²) in [6, 6.07) is 4.48. The van der Waals surface area contributed by atoms with Crippen LogP contribution in [0.25, 0.3) is 0 Å². The van der Waals surface area contributed by atoms with Crippen molar-refractivity contribution in [2.45, 2.75) is 45.4 Å². The number of alkyl halides is 2. The number of nitrogens with one attached hydrogen (secondary N) is 1. The second-order valence-electron chi connectivity index (χ2n) is 4.67. The van der Waals surface area contributed by atoms with Crippen LogP contribution in [0.4, 0.5) is 8.78 Å². The van der Waals surface area contributed by atoms with E-state index in [0.717, 1.165) is 0 Å². The van der Waals surface area contributed by atoms with E-state index in [1.807, 2.05) is 13.8 Å². The molecule has 0 unspecified atom stereocenters. The lowest BCUT2D eigenvalue weighted by molar-refractivity contribution is -0.0505. The molecule has 1 aromatic carbocycles. The molecule has 0 heterocycles. The first kappa shape index (κ1) is 17.1. The van der Waals surface area contributed by atoms with Gasteiger partial charge in [-0.1, -0.05) is 25.4 Å². The van der Waals surface area contributed by atoms with Crippen molar-refractivity contribution in [3.8, 4) is 5.75 Å². The second kappa shape index (κ2) is 7.76. The van der Waals surface area contributed by atoms with Gasteiger partial charge in [-0.05, 0) is 31.0 Å². The maximum absolute atomic E-state index is 12.3. The van der Waals surface area contributed by atoms with E-state index in [9.17, 15) is 13.9 Å². The molecule has 20 heavy (non-hydrogen) atoms. The predicted octanol–water partition coefficient (Wildman–Crippen LogP) is 3.58. The van der Waals surface area contributed by atoms with E-state index in [1.54, 1.807) is 6.07 Å². The highest BCUT2D eigenvalue weighted by atomic mass is 35.5. The molecule has 1 rings (SSSR count). The molecule has 0 bridgehead atoms. The van der Waals surface area contributed by atoms with Gasteiger partial charge in [-0.25, -0.2) is 0 Å². The smallest absolute Gasteiger partial charge is 0.387 e. The van der Waals surface area contributed by atoms with Crippen molar-refractivity contribution < 1.29 is 18.6 Å². The minimum absolute atomic E-state index is 0.0911. The summed E-state index contributed by atoms with van der Waals surface area (Å²) in [5.74, 6) is 0.0911. The highest BCUT2D eigenvalue weighted by molar-refractivity contribution is 6.30. The summed E-state index contributed by atoms with van der Waals surface area (Å²) in [5.41, 5.74) is -0.255. The van der Waals surface area contributed by atoms with Crippen molar-refractivity contribution in [1.29, 1.82) is 0 Å². The Morgan fingerprint density at radius 3 is 2.55 bits per heavy atom. The topological polar surface area (TPSA) is 41.5 Å². The summed E-state index contributed by atoms with van der Waals surface area (Å²) in [4.78, 5) is 0. The number of hydrogen-bond acceptors (Lipinski definition) is 3. The van der Waals surface area contributed by atoms with Crippen molar-refractivity contribution in [1.82, 2.24) is 5.32 Å².